The van der Waals surface area contributed by atoms with Crippen LogP contribution in [0.4, 0.5) is 4.39 Å². The Hall–Kier alpha value is -1.42. The van der Waals surface area contributed by atoms with Gasteiger partial charge in [-0.3, -0.25) is 9.69 Å². The highest BCUT2D eigenvalue weighted by molar-refractivity contribution is 5.76. The lowest BCUT2D eigenvalue weighted by Gasteiger charge is -2.33. The van der Waals surface area contributed by atoms with E-state index in [-0.39, 0.29) is 17.6 Å². The van der Waals surface area contributed by atoms with E-state index in [4.69, 9.17) is 5.73 Å². The first-order valence-electron chi connectivity index (χ1n) is 7.30. The molecular formula is C16H23FN2O. The van der Waals surface area contributed by atoms with Crippen molar-refractivity contribution in [3.05, 3.63) is 35.6 Å². The number of benzene rings is 1. The first kappa shape index (κ1) is 15.0. The molecule has 0 aromatic heterocycles. The van der Waals surface area contributed by atoms with Crippen molar-refractivity contribution in [3.8, 4) is 0 Å². The Morgan fingerprint density at radius 1 is 1.45 bits per heavy atom. The Balaban J connectivity index is 1.87. The minimum absolute atomic E-state index is 0.0502. The van der Waals surface area contributed by atoms with Crippen LogP contribution in [0.5, 0.6) is 0 Å². The van der Waals surface area contributed by atoms with Crippen molar-refractivity contribution < 1.29 is 9.18 Å². The smallest absolute Gasteiger partial charge is 0.220 e. The minimum atomic E-state index is -0.208. The number of nitrogens with zero attached hydrogens (tertiary/aromatic N) is 1. The van der Waals surface area contributed by atoms with Crippen molar-refractivity contribution in [2.24, 2.45) is 17.6 Å². The van der Waals surface area contributed by atoms with E-state index in [1.54, 1.807) is 0 Å². The van der Waals surface area contributed by atoms with Gasteiger partial charge < -0.3 is 5.73 Å². The van der Waals surface area contributed by atoms with Gasteiger partial charge in [0.25, 0.3) is 0 Å². The van der Waals surface area contributed by atoms with Crippen LogP contribution >= 0.6 is 0 Å². The second-order valence-electron chi connectivity index (χ2n) is 5.91. The van der Waals surface area contributed by atoms with E-state index in [1.807, 2.05) is 19.1 Å². The third-order valence-electron chi connectivity index (χ3n) is 4.10. The van der Waals surface area contributed by atoms with Gasteiger partial charge in [0.2, 0.25) is 5.91 Å². The van der Waals surface area contributed by atoms with Gasteiger partial charge in [-0.05, 0) is 49.4 Å². The normalized spacial score (nSPS) is 21.6. The summed E-state index contributed by atoms with van der Waals surface area (Å²) in [6.07, 6.45) is 3.18. The molecule has 2 N–H and O–H groups in total. The fourth-order valence-electron chi connectivity index (χ4n) is 2.95. The summed E-state index contributed by atoms with van der Waals surface area (Å²) in [5, 5.41) is 0. The molecule has 1 aromatic rings. The molecule has 2 rings (SSSR count). The van der Waals surface area contributed by atoms with Crippen LogP contribution in [-0.4, -0.2) is 23.9 Å². The molecule has 1 aliphatic heterocycles. The van der Waals surface area contributed by atoms with E-state index in [0.717, 1.165) is 44.5 Å². The van der Waals surface area contributed by atoms with Crippen LogP contribution in [0.2, 0.25) is 0 Å². The van der Waals surface area contributed by atoms with Gasteiger partial charge in [-0.1, -0.05) is 19.1 Å². The molecule has 1 fully saturated rings. The number of nitrogens with two attached hydrogens (primary N) is 1. The summed E-state index contributed by atoms with van der Waals surface area (Å²) in [6.45, 7) is 4.82. The standard InChI is InChI=1S/C16H23FN2O/c1-12(16(18)20)9-14-3-2-8-19(11-14)10-13-4-6-15(17)7-5-13/h4-7,12,14H,2-3,8-11H2,1H3,(H2,18,20). The van der Waals surface area contributed by atoms with Gasteiger partial charge >= 0.3 is 0 Å². The number of hydrogen-bond donors (Lipinski definition) is 1. The fraction of sp³-hybridized carbons (Fsp3) is 0.562. The predicted octanol–water partition coefficient (Wildman–Crippen LogP) is 2.55. The van der Waals surface area contributed by atoms with Crippen LogP contribution in [0.1, 0.15) is 31.7 Å². The van der Waals surface area contributed by atoms with E-state index in [1.165, 1.54) is 12.1 Å². The Labute approximate surface area is 120 Å². The number of carbonyl (C=O) groups is 1. The number of primary amides is 1. The molecule has 1 aromatic carbocycles. The molecule has 2 unspecified atom stereocenters. The van der Waals surface area contributed by atoms with Crippen LogP contribution in [0, 0.1) is 17.7 Å². The summed E-state index contributed by atoms with van der Waals surface area (Å²) < 4.78 is 12.9. The Kier molecular flexibility index (Phi) is 5.12. The Morgan fingerprint density at radius 3 is 2.80 bits per heavy atom. The van der Waals surface area contributed by atoms with E-state index >= 15 is 0 Å². The first-order valence-corrected chi connectivity index (χ1v) is 7.30. The Bertz CT molecular complexity index is 446. The molecule has 1 amide bonds. The number of rotatable bonds is 5. The number of piperidine rings is 1. The second-order valence-corrected chi connectivity index (χ2v) is 5.91. The maximum atomic E-state index is 12.9. The van der Waals surface area contributed by atoms with Gasteiger partial charge in [0, 0.05) is 19.0 Å². The van der Waals surface area contributed by atoms with Gasteiger partial charge in [0.1, 0.15) is 5.82 Å². The van der Waals surface area contributed by atoms with Gasteiger partial charge in [-0.25, -0.2) is 4.39 Å². The molecule has 4 heteroatoms. The summed E-state index contributed by atoms with van der Waals surface area (Å²) in [5.41, 5.74) is 6.47. The maximum absolute atomic E-state index is 12.9. The quantitative estimate of drug-likeness (QED) is 0.899. The highest BCUT2D eigenvalue weighted by Crippen LogP contribution is 2.24. The van der Waals surface area contributed by atoms with Crippen LogP contribution in [0.25, 0.3) is 0 Å². The monoisotopic (exact) mass is 278 g/mol. The molecule has 1 saturated heterocycles. The van der Waals surface area contributed by atoms with Crippen LogP contribution in [0.15, 0.2) is 24.3 Å². The van der Waals surface area contributed by atoms with Crippen molar-refractivity contribution in [1.29, 1.82) is 0 Å². The summed E-state index contributed by atoms with van der Waals surface area (Å²) in [7, 11) is 0. The van der Waals surface area contributed by atoms with Crippen molar-refractivity contribution in [3.63, 3.8) is 0 Å². The Morgan fingerprint density at radius 2 is 2.15 bits per heavy atom. The molecule has 0 saturated carbocycles. The SMILES string of the molecule is CC(CC1CCCN(Cc2ccc(F)cc2)C1)C(N)=O. The molecule has 1 heterocycles. The lowest BCUT2D eigenvalue weighted by Crippen LogP contribution is -2.36. The number of hydrogen-bond acceptors (Lipinski definition) is 2. The van der Waals surface area contributed by atoms with E-state index in [0.29, 0.717) is 5.92 Å². The molecule has 0 bridgehead atoms. The second kappa shape index (κ2) is 6.84. The zero-order valence-electron chi connectivity index (χ0n) is 12.0. The predicted molar refractivity (Wildman–Crippen MR) is 77.4 cm³/mol. The molecule has 20 heavy (non-hydrogen) atoms. The van der Waals surface area contributed by atoms with Crippen molar-refractivity contribution in [1.82, 2.24) is 4.90 Å². The highest BCUT2D eigenvalue weighted by atomic mass is 19.1. The van der Waals surface area contributed by atoms with E-state index in [2.05, 4.69) is 4.90 Å². The lowest BCUT2D eigenvalue weighted by atomic mass is 9.88. The summed E-state index contributed by atoms with van der Waals surface area (Å²) in [4.78, 5) is 13.5. The first-order chi connectivity index (χ1) is 9.54. The average molecular weight is 278 g/mol. The van der Waals surface area contributed by atoms with Gasteiger partial charge in [0.15, 0.2) is 0 Å². The van der Waals surface area contributed by atoms with E-state index in [9.17, 15) is 9.18 Å². The summed E-state index contributed by atoms with van der Waals surface area (Å²) in [5.74, 6) is 0.0821. The molecule has 2 atom stereocenters. The molecular weight excluding hydrogens is 255 g/mol. The highest BCUT2D eigenvalue weighted by Gasteiger charge is 2.23. The van der Waals surface area contributed by atoms with E-state index < -0.39 is 0 Å². The van der Waals surface area contributed by atoms with Crippen LogP contribution in [-0.2, 0) is 11.3 Å². The number of halogens is 1. The number of amides is 1. The molecule has 0 radical (unpaired) electrons. The average Bonchev–Trinajstić information content (AvgIpc) is 2.42. The van der Waals surface area contributed by atoms with Crippen LogP contribution < -0.4 is 5.73 Å². The van der Waals surface area contributed by atoms with Gasteiger partial charge in [0.05, 0.1) is 0 Å². The summed E-state index contributed by atoms with van der Waals surface area (Å²) >= 11 is 0. The number of carbonyl (C=O) groups excluding carboxylic acids is 1. The zero-order valence-corrected chi connectivity index (χ0v) is 12.0. The molecule has 0 spiro atoms. The van der Waals surface area contributed by atoms with Gasteiger partial charge in [-0.15, -0.1) is 0 Å². The molecule has 110 valence electrons. The maximum Gasteiger partial charge on any atom is 0.220 e. The minimum Gasteiger partial charge on any atom is -0.369 e. The van der Waals surface area contributed by atoms with Crippen molar-refractivity contribution in [2.45, 2.75) is 32.7 Å². The van der Waals surface area contributed by atoms with Crippen molar-refractivity contribution in [2.75, 3.05) is 13.1 Å². The largest absolute Gasteiger partial charge is 0.369 e. The lowest BCUT2D eigenvalue weighted by molar-refractivity contribution is -0.121. The van der Waals surface area contributed by atoms with Crippen molar-refractivity contribution >= 4 is 5.91 Å². The fourth-order valence-corrected chi connectivity index (χ4v) is 2.95. The third-order valence-corrected chi connectivity index (χ3v) is 4.10. The topological polar surface area (TPSA) is 46.3 Å². The van der Waals surface area contributed by atoms with Crippen LogP contribution in [0.3, 0.4) is 0 Å². The molecule has 3 nitrogen and oxygen atoms in total. The molecule has 0 aliphatic carbocycles. The third kappa shape index (κ3) is 4.30. The van der Waals surface area contributed by atoms with Gasteiger partial charge in [-0.2, -0.15) is 0 Å². The molecule has 1 aliphatic rings. The number of likely N-dealkylation sites (tertiary alicyclic amines) is 1. The zero-order chi connectivity index (χ0) is 14.5. The summed E-state index contributed by atoms with van der Waals surface area (Å²) in [6, 6.07) is 6.69.